The maximum Gasteiger partial charge on any atom is 0.275 e. The Morgan fingerprint density at radius 1 is 1.10 bits per heavy atom. The fraction of sp³-hybridized carbons (Fsp3) is 0.250. The number of nitrogens with one attached hydrogen (secondary N) is 3. The number of anilines is 3. The molecular formula is C28H29F2N7O4S. The van der Waals surface area contributed by atoms with Gasteiger partial charge in [0.15, 0.2) is 21.5 Å². The lowest BCUT2D eigenvalue weighted by molar-refractivity contribution is -0.114. The molecule has 2 aromatic carbocycles. The quantitative estimate of drug-likeness (QED) is 0.205. The highest BCUT2D eigenvalue weighted by Gasteiger charge is 2.24. The Hall–Kier alpha value is -4.56. The third-order valence-electron chi connectivity index (χ3n) is 6.88. The van der Waals surface area contributed by atoms with Crippen molar-refractivity contribution in [1.82, 2.24) is 24.8 Å². The maximum atomic E-state index is 15.0. The second-order valence-electron chi connectivity index (χ2n) is 9.82. The molecule has 0 saturated carbocycles. The summed E-state index contributed by atoms with van der Waals surface area (Å²) in [6.07, 6.45) is 4.80. The lowest BCUT2D eigenvalue weighted by atomic mass is 10.1. The first-order chi connectivity index (χ1) is 20.1. The number of likely N-dealkylation sites (N-methyl/N-ethyl adjacent to an activating group) is 1. The predicted molar refractivity (Wildman–Crippen MR) is 155 cm³/mol. The number of H-pyrrole nitrogens is 1. The van der Waals surface area contributed by atoms with Gasteiger partial charge in [0.2, 0.25) is 5.95 Å². The first-order valence-electron chi connectivity index (χ1n) is 12.9. The molecule has 1 aliphatic heterocycles. The number of hydrogen-bond donors (Lipinski definition) is 3. The summed E-state index contributed by atoms with van der Waals surface area (Å²) in [6, 6.07) is 9.02. The average molecular weight is 598 g/mol. The number of halogens is 2. The number of methoxy groups -OCH3 is 1. The highest BCUT2D eigenvalue weighted by molar-refractivity contribution is 7.90. The summed E-state index contributed by atoms with van der Waals surface area (Å²) in [6.45, 7) is 2.95. The standard InChI is InChI=1S/C28H29F2N7O4S/c1-36-10-12-37(13-11-36)22(16-41-2)27(38)33-21-8-4-6-17-18(14-31-26(17)21)25-19(29)15-32-28(35-25)34-20-7-5-9-23(24(20)30)42(3,39)40/h4-9,14-16,31H,10-13H2,1-3H3,(H,33,38)(H,32,34,35). The molecular weight excluding hydrogens is 568 g/mol. The van der Waals surface area contributed by atoms with Crippen LogP contribution in [0, 0.1) is 11.6 Å². The molecule has 0 unspecified atom stereocenters. The number of nitrogens with zero attached hydrogens (tertiary/aromatic N) is 4. The Morgan fingerprint density at radius 3 is 2.52 bits per heavy atom. The van der Waals surface area contributed by atoms with Crippen molar-refractivity contribution in [2.24, 2.45) is 0 Å². The number of carbonyl (C=O) groups excluding carboxylic acids is 1. The molecule has 4 aromatic rings. The van der Waals surface area contributed by atoms with Crippen LogP contribution in [0.5, 0.6) is 0 Å². The van der Waals surface area contributed by atoms with Crippen LogP contribution in [0.1, 0.15) is 0 Å². The smallest absolute Gasteiger partial charge is 0.275 e. The van der Waals surface area contributed by atoms with Crippen LogP contribution < -0.4 is 10.6 Å². The maximum absolute atomic E-state index is 15.0. The normalized spacial score (nSPS) is 14.7. The van der Waals surface area contributed by atoms with Gasteiger partial charge in [0.05, 0.1) is 30.2 Å². The van der Waals surface area contributed by atoms with Crippen LogP contribution in [0.3, 0.4) is 0 Å². The molecule has 14 heteroatoms. The van der Waals surface area contributed by atoms with E-state index < -0.39 is 26.4 Å². The SMILES string of the molecule is COC=C(C(=O)Nc1cccc2c(-c3nc(Nc4cccc(S(C)(=O)=O)c4F)ncc3F)c[nH]c12)N1CCN(C)CC1. The van der Waals surface area contributed by atoms with E-state index in [1.165, 1.54) is 25.5 Å². The Kier molecular flexibility index (Phi) is 8.09. The van der Waals surface area contributed by atoms with Crippen LogP contribution in [-0.4, -0.2) is 85.7 Å². The van der Waals surface area contributed by atoms with Gasteiger partial charge in [-0.05, 0) is 25.2 Å². The average Bonchev–Trinajstić information content (AvgIpc) is 3.39. The van der Waals surface area contributed by atoms with Crippen LogP contribution >= 0.6 is 0 Å². The van der Waals surface area contributed by atoms with Gasteiger partial charge in [-0.25, -0.2) is 27.2 Å². The molecule has 0 aliphatic carbocycles. The van der Waals surface area contributed by atoms with E-state index in [1.807, 2.05) is 11.9 Å². The molecule has 42 heavy (non-hydrogen) atoms. The predicted octanol–water partition coefficient (Wildman–Crippen LogP) is 3.72. The summed E-state index contributed by atoms with van der Waals surface area (Å²) in [5, 5.41) is 6.13. The first-order valence-corrected chi connectivity index (χ1v) is 14.8. The summed E-state index contributed by atoms with van der Waals surface area (Å²) in [5.74, 6) is -2.23. The van der Waals surface area contributed by atoms with E-state index in [1.54, 1.807) is 24.4 Å². The largest absolute Gasteiger partial charge is 0.502 e. The zero-order chi connectivity index (χ0) is 30.0. The van der Waals surface area contributed by atoms with Crippen LogP contribution in [0.25, 0.3) is 22.2 Å². The van der Waals surface area contributed by atoms with E-state index in [0.717, 1.165) is 31.6 Å². The van der Waals surface area contributed by atoms with E-state index in [4.69, 9.17) is 4.74 Å². The molecule has 11 nitrogen and oxygen atoms in total. The van der Waals surface area contributed by atoms with E-state index in [0.29, 0.717) is 40.9 Å². The Labute approximate surface area is 241 Å². The van der Waals surface area contributed by atoms with Gasteiger partial charge >= 0.3 is 0 Å². The fourth-order valence-corrected chi connectivity index (χ4v) is 5.46. The van der Waals surface area contributed by atoms with Crippen molar-refractivity contribution in [3.63, 3.8) is 0 Å². The highest BCUT2D eigenvalue weighted by Crippen LogP contribution is 2.34. The minimum Gasteiger partial charge on any atom is -0.502 e. The second-order valence-corrected chi connectivity index (χ2v) is 11.8. The number of rotatable bonds is 8. The summed E-state index contributed by atoms with van der Waals surface area (Å²) in [4.78, 5) is 28.2. The molecule has 0 bridgehead atoms. The molecule has 1 saturated heterocycles. The van der Waals surface area contributed by atoms with Crippen LogP contribution in [0.2, 0.25) is 0 Å². The van der Waals surface area contributed by atoms with Crippen molar-refractivity contribution >= 4 is 44.0 Å². The number of sulfone groups is 1. The third kappa shape index (κ3) is 5.90. The number of ether oxygens (including phenoxy) is 1. The summed E-state index contributed by atoms with van der Waals surface area (Å²) >= 11 is 0. The number of amides is 1. The zero-order valence-electron chi connectivity index (χ0n) is 23.1. The molecule has 1 aliphatic rings. The van der Waals surface area contributed by atoms with Gasteiger partial charge in [0.1, 0.15) is 22.5 Å². The number of hydrogen-bond acceptors (Lipinski definition) is 9. The van der Waals surface area contributed by atoms with E-state index in [-0.39, 0.29) is 23.2 Å². The monoisotopic (exact) mass is 597 g/mol. The second kappa shape index (κ2) is 11.7. The zero-order valence-corrected chi connectivity index (χ0v) is 23.9. The van der Waals surface area contributed by atoms with Crippen LogP contribution in [0.4, 0.5) is 26.1 Å². The Morgan fingerprint density at radius 2 is 1.81 bits per heavy atom. The summed E-state index contributed by atoms with van der Waals surface area (Å²) in [7, 11) is -0.312. The van der Waals surface area contributed by atoms with Crippen molar-refractivity contribution < 1.29 is 26.7 Å². The minimum absolute atomic E-state index is 0.0840. The van der Waals surface area contributed by atoms with Crippen molar-refractivity contribution in [3.8, 4) is 11.3 Å². The molecule has 3 heterocycles. The van der Waals surface area contributed by atoms with Crippen molar-refractivity contribution in [2.75, 3.05) is 57.2 Å². The van der Waals surface area contributed by atoms with Crippen LogP contribution in [-0.2, 0) is 19.4 Å². The molecule has 0 spiro atoms. The summed E-state index contributed by atoms with van der Waals surface area (Å²) < 4.78 is 58.9. The van der Waals surface area contributed by atoms with Gasteiger partial charge in [-0.1, -0.05) is 18.2 Å². The lowest BCUT2D eigenvalue weighted by Crippen LogP contribution is -2.46. The Bertz CT molecular complexity index is 1780. The number of fused-ring (bicyclic) bond motifs is 1. The number of aromatic nitrogens is 3. The van der Waals surface area contributed by atoms with E-state index in [2.05, 4.69) is 30.5 Å². The molecule has 1 amide bonds. The molecule has 5 rings (SSSR count). The number of benzene rings is 2. The van der Waals surface area contributed by atoms with Gasteiger partial charge < -0.3 is 30.2 Å². The lowest BCUT2D eigenvalue weighted by Gasteiger charge is -2.34. The van der Waals surface area contributed by atoms with Crippen molar-refractivity contribution in [2.45, 2.75) is 4.90 Å². The van der Waals surface area contributed by atoms with E-state index >= 15 is 4.39 Å². The van der Waals surface area contributed by atoms with Crippen molar-refractivity contribution in [1.29, 1.82) is 0 Å². The molecule has 2 aromatic heterocycles. The molecule has 220 valence electrons. The summed E-state index contributed by atoms with van der Waals surface area (Å²) in [5.41, 5.74) is 1.50. The van der Waals surface area contributed by atoms with Crippen molar-refractivity contribution in [3.05, 3.63) is 72.4 Å². The van der Waals surface area contributed by atoms with Gasteiger partial charge in [-0.2, -0.15) is 0 Å². The minimum atomic E-state index is -3.82. The number of aromatic amines is 1. The van der Waals surface area contributed by atoms with Gasteiger partial charge in [0, 0.05) is 49.6 Å². The van der Waals surface area contributed by atoms with Gasteiger partial charge in [0.25, 0.3) is 5.91 Å². The Balaban J connectivity index is 1.44. The van der Waals surface area contributed by atoms with Gasteiger partial charge in [-0.15, -0.1) is 0 Å². The van der Waals surface area contributed by atoms with Crippen LogP contribution in [0.15, 0.2) is 65.6 Å². The molecule has 3 N–H and O–H groups in total. The molecule has 0 radical (unpaired) electrons. The highest BCUT2D eigenvalue weighted by atomic mass is 32.2. The third-order valence-corrected chi connectivity index (χ3v) is 7.99. The molecule has 1 fully saturated rings. The van der Waals surface area contributed by atoms with E-state index in [9.17, 15) is 17.6 Å². The first kappa shape index (κ1) is 29.0. The number of piperazine rings is 1. The van der Waals surface area contributed by atoms with Gasteiger partial charge in [-0.3, -0.25) is 4.79 Å². The number of para-hydroxylation sites is 1. The fourth-order valence-electron chi connectivity index (χ4n) is 4.70. The molecule has 0 atom stereocenters. The topological polar surface area (TPSA) is 133 Å². The number of carbonyl (C=O) groups is 1.